The molecule has 0 saturated carbocycles. The van der Waals surface area contributed by atoms with Crippen molar-refractivity contribution < 1.29 is 13.3 Å². The van der Waals surface area contributed by atoms with Crippen molar-refractivity contribution in [1.82, 2.24) is 4.90 Å². The van der Waals surface area contributed by atoms with Crippen LogP contribution in [0.2, 0.25) is 0 Å². The second-order valence-electron chi connectivity index (χ2n) is 16.2. The van der Waals surface area contributed by atoms with E-state index in [9.17, 15) is 0 Å². The van der Waals surface area contributed by atoms with Crippen molar-refractivity contribution >= 4 is 43.6 Å². The molecule has 0 fully saturated rings. The van der Waals surface area contributed by atoms with E-state index in [1.165, 1.54) is 0 Å². The average Bonchev–Trinajstić information content (AvgIpc) is 2.85. The van der Waals surface area contributed by atoms with Crippen LogP contribution in [-0.4, -0.2) is 17.1 Å². The van der Waals surface area contributed by atoms with Crippen molar-refractivity contribution in [1.29, 1.82) is 0 Å². The molecular formula is C37H48Cl3NO3Si. The quantitative estimate of drug-likeness (QED) is 0.174. The van der Waals surface area contributed by atoms with Gasteiger partial charge in [0.05, 0.1) is 0 Å². The van der Waals surface area contributed by atoms with E-state index in [0.717, 1.165) is 50.1 Å². The molecule has 0 N–H and O–H groups in total. The highest BCUT2D eigenvalue weighted by Gasteiger charge is 2.69. The molecule has 0 amide bonds. The first-order valence-corrected chi connectivity index (χ1v) is 18.6. The van der Waals surface area contributed by atoms with Crippen molar-refractivity contribution in [2.45, 2.75) is 122 Å². The molecule has 0 atom stereocenters. The molecule has 4 nitrogen and oxygen atoms in total. The van der Waals surface area contributed by atoms with E-state index >= 15 is 0 Å². The van der Waals surface area contributed by atoms with Gasteiger partial charge in [0.2, 0.25) is 0 Å². The Morgan fingerprint density at radius 3 is 1.00 bits per heavy atom. The molecule has 3 aliphatic rings. The van der Waals surface area contributed by atoms with E-state index in [1.807, 2.05) is 0 Å². The van der Waals surface area contributed by atoms with E-state index < -0.39 is 12.2 Å². The number of halogens is 3. The van der Waals surface area contributed by atoms with E-state index in [2.05, 4.69) is 124 Å². The van der Waals surface area contributed by atoms with Gasteiger partial charge in [-0.05, 0) is 53.7 Å². The molecule has 0 aromatic heterocycles. The lowest BCUT2D eigenvalue weighted by Gasteiger charge is -2.42. The molecule has 0 radical (unpaired) electrons. The SMILES string of the molecule is Cc1cc2c(c(C(C)(C)C)c1)O[Si]1(C(Cl)(Cl)Cl)Oc3c(cc(C)cc3C(C)(C)C)CN(C2)Cc2cc(C)cc(C(C)(C)C)c2O1. The van der Waals surface area contributed by atoms with Crippen LogP contribution in [0, 0.1) is 20.8 Å². The molecule has 3 aromatic rings. The Morgan fingerprint density at radius 1 is 0.511 bits per heavy atom. The minimum atomic E-state index is -4.38. The fraction of sp³-hybridized carbons (Fsp3) is 0.514. The van der Waals surface area contributed by atoms with E-state index in [-0.39, 0.29) is 16.2 Å². The first-order valence-electron chi connectivity index (χ1n) is 15.8. The van der Waals surface area contributed by atoms with Gasteiger partial charge in [0.25, 0.3) is 3.42 Å². The van der Waals surface area contributed by atoms with Crippen LogP contribution in [0.25, 0.3) is 0 Å². The summed E-state index contributed by atoms with van der Waals surface area (Å²) in [6, 6.07) is 13.1. The third kappa shape index (κ3) is 6.76. The monoisotopic (exact) mass is 687 g/mol. The Balaban J connectivity index is 1.95. The zero-order chi connectivity index (χ0) is 33.5. The number of alkyl halides is 3. The maximum atomic E-state index is 7.24. The lowest BCUT2D eigenvalue weighted by molar-refractivity contribution is 0.202. The Labute approximate surface area is 286 Å². The Hall–Kier alpha value is -1.89. The van der Waals surface area contributed by atoms with Crippen LogP contribution in [-0.2, 0) is 35.9 Å². The lowest BCUT2D eigenvalue weighted by Crippen LogP contribution is -2.66. The molecule has 3 aliphatic heterocycles. The third-order valence-corrected chi connectivity index (χ3v) is 12.8. The van der Waals surface area contributed by atoms with Crippen LogP contribution in [0.5, 0.6) is 17.2 Å². The summed E-state index contributed by atoms with van der Waals surface area (Å²) in [5.41, 5.74) is 8.81. The van der Waals surface area contributed by atoms with Crippen LogP contribution in [0.4, 0.5) is 0 Å². The number of benzene rings is 3. The van der Waals surface area contributed by atoms with Gasteiger partial charge in [-0.25, -0.2) is 0 Å². The first kappa shape index (κ1) is 34.4. The van der Waals surface area contributed by atoms with E-state index in [4.69, 9.17) is 48.1 Å². The van der Waals surface area contributed by atoms with Gasteiger partial charge in [0.1, 0.15) is 17.2 Å². The second-order valence-corrected chi connectivity index (χ2v) is 21.9. The van der Waals surface area contributed by atoms with Gasteiger partial charge in [-0.1, -0.05) is 150 Å². The minimum absolute atomic E-state index is 0.264. The van der Waals surface area contributed by atoms with Crippen molar-refractivity contribution in [2.24, 2.45) is 0 Å². The topological polar surface area (TPSA) is 30.9 Å². The summed E-state index contributed by atoms with van der Waals surface area (Å²) in [5, 5.41) is 0. The van der Waals surface area contributed by atoms with E-state index in [1.54, 1.807) is 0 Å². The van der Waals surface area contributed by atoms with Gasteiger partial charge in [-0.3, -0.25) is 4.90 Å². The molecule has 244 valence electrons. The maximum absolute atomic E-state index is 7.24. The number of aryl methyl sites for hydroxylation is 3. The standard InChI is InChI=1S/C37H48Cl3NO3Si/c1-22-13-25-19-41-20-26-14-23(2)17-29(35(7,8)9)32(26)43-45(37(38,39)40,42-31(25)28(16-22)34(4,5)6)44-33-27(21-41)15-24(3)18-30(33)36(10,11)12/h13-18H,19-21H2,1-12H3. The highest BCUT2D eigenvalue weighted by Crippen LogP contribution is 2.50. The third-order valence-electron chi connectivity index (χ3n) is 8.59. The number of nitrogens with zero attached hydrogens (tertiary/aromatic N) is 1. The summed E-state index contributed by atoms with van der Waals surface area (Å²) in [4.78, 5) is 2.46. The molecule has 0 spiro atoms. The highest BCUT2D eigenvalue weighted by atomic mass is 35.6. The predicted molar refractivity (Wildman–Crippen MR) is 191 cm³/mol. The average molecular weight is 689 g/mol. The van der Waals surface area contributed by atoms with Gasteiger partial charge >= 0.3 is 8.80 Å². The molecule has 0 unspecified atom stereocenters. The zero-order valence-electron chi connectivity index (χ0n) is 28.9. The van der Waals surface area contributed by atoms with Gasteiger partial charge in [-0.2, -0.15) is 0 Å². The predicted octanol–water partition coefficient (Wildman–Crippen LogP) is 10.7. The van der Waals surface area contributed by atoms with Gasteiger partial charge in [-0.15, -0.1) is 0 Å². The summed E-state index contributed by atoms with van der Waals surface area (Å²) in [7, 11) is -4.38. The summed E-state index contributed by atoms with van der Waals surface area (Å²) in [6.45, 7) is 27.9. The van der Waals surface area contributed by atoms with Crippen molar-refractivity contribution in [3.05, 3.63) is 86.5 Å². The smallest absolute Gasteiger partial charge is 0.480 e. The molecule has 0 aliphatic carbocycles. The number of hydrogen-bond acceptors (Lipinski definition) is 4. The first-order chi connectivity index (χ1) is 20.5. The van der Waals surface area contributed by atoms with Gasteiger partial charge in [0, 0.05) is 36.3 Å². The van der Waals surface area contributed by atoms with Crippen LogP contribution < -0.4 is 13.3 Å². The van der Waals surface area contributed by atoms with Crippen molar-refractivity contribution in [3.63, 3.8) is 0 Å². The lowest BCUT2D eigenvalue weighted by atomic mass is 9.83. The summed E-state index contributed by atoms with van der Waals surface area (Å²) in [6.07, 6.45) is 0. The van der Waals surface area contributed by atoms with Crippen molar-refractivity contribution in [3.8, 4) is 17.2 Å². The summed E-state index contributed by atoms with van der Waals surface area (Å²) in [5.74, 6) is 2.03. The maximum Gasteiger partial charge on any atom is 0.754 e. The molecule has 45 heavy (non-hydrogen) atoms. The van der Waals surface area contributed by atoms with Crippen LogP contribution >= 0.6 is 34.8 Å². The Morgan fingerprint density at radius 2 is 0.778 bits per heavy atom. The molecule has 3 heterocycles. The molecule has 6 rings (SSSR count). The molecule has 8 heteroatoms. The van der Waals surface area contributed by atoms with Crippen molar-refractivity contribution in [2.75, 3.05) is 0 Å². The van der Waals surface area contributed by atoms with Crippen LogP contribution in [0.15, 0.2) is 36.4 Å². The fourth-order valence-electron chi connectivity index (χ4n) is 6.46. The second kappa shape index (κ2) is 11.4. The normalized spacial score (nSPS) is 20.5. The Bertz CT molecular complexity index is 1460. The van der Waals surface area contributed by atoms with Crippen LogP contribution in [0.1, 0.15) is 112 Å². The number of rotatable bonds is 0. The van der Waals surface area contributed by atoms with E-state index in [0.29, 0.717) is 36.9 Å². The largest absolute Gasteiger partial charge is 0.754 e. The molecule has 3 aromatic carbocycles. The molecule has 2 bridgehead atoms. The fourth-order valence-corrected chi connectivity index (χ4v) is 9.50. The highest BCUT2D eigenvalue weighted by molar-refractivity contribution is 6.97. The minimum Gasteiger partial charge on any atom is -0.480 e. The summed E-state index contributed by atoms with van der Waals surface area (Å²) < 4.78 is 19.7. The molecular weight excluding hydrogens is 641 g/mol. The summed E-state index contributed by atoms with van der Waals surface area (Å²) >= 11 is 21.4. The number of hydrogen-bond donors (Lipinski definition) is 0. The molecule has 0 saturated heterocycles. The Kier molecular flexibility index (Phi) is 8.70. The zero-order valence-corrected chi connectivity index (χ0v) is 32.2. The van der Waals surface area contributed by atoms with Gasteiger partial charge < -0.3 is 13.3 Å². The van der Waals surface area contributed by atoms with Crippen LogP contribution in [0.3, 0.4) is 0 Å². The van der Waals surface area contributed by atoms with Gasteiger partial charge in [0.15, 0.2) is 0 Å².